The number of aliphatic carboxylic acids is 1. The molecule has 37 heavy (non-hydrogen) atoms. The van der Waals surface area contributed by atoms with E-state index in [-0.39, 0.29) is 28.5 Å². The molecule has 1 aliphatic carbocycles. The largest absolute Gasteiger partial charge is 0.477 e. The van der Waals surface area contributed by atoms with Crippen molar-refractivity contribution in [2.24, 2.45) is 5.16 Å². The molecule has 1 saturated heterocycles. The normalized spacial score (nSPS) is 23.5. The number of thioether (sulfide) groups is 2. The number of nitrogen functional groups attached to an aromatic ring is 1. The van der Waals surface area contributed by atoms with Crippen LogP contribution in [0.5, 0.6) is 0 Å². The number of fused-ring (bicyclic) bond motifs is 1. The fraction of sp³-hybridized carbons (Fsp3) is 0.400. The molecule has 1 fully saturated rings. The number of amides is 2. The van der Waals surface area contributed by atoms with Crippen LogP contribution in [0.25, 0.3) is 0 Å². The van der Waals surface area contributed by atoms with Crippen molar-refractivity contribution in [3.63, 3.8) is 0 Å². The number of carbonyl (C=O) groups excluding carboxylic acids is 2. The van der Waals surface area contributed by atoms with Crippen LogP contribution in [0.3, 0.4) is 0 Å². The zero-order chi connectivity index (χ0) is 25.9. The highest BCUT2D eigenvalue weighted by atomic mass is 32.2. The van der Waals surface area contributed by atoms with Gasteiger partial charge in [0.05, 0.1) is 0 Å². The lowest BCUT2D eigenvalue weighted by Gasteiger charge is -2.49. The van der Waals surface area contributed by atoms with E-state index < -0.39 is 29.2 Å². The van der Waals surface area contributed by atoms with Crippen LogP contribution in [0.2, 0.25) is 0 Å². The maximum absolute atomic E-state index is 13.2. The van der Waals surface area contributed by atoms with Crippen molar-refractivity contribution in [2.45, 2.75) is 41.1 Å². The number of β-lactam (4-membered cyclic amide) rings is 1. The summed E-state index contributed by atoms with van der Waals surface area (Å²) < 4.78 is 4.77. The van der Waals surface area contributed by atoms with E-state index >= 15 is 0 Å². The van der Waals surface area contributed by atoms with Gasteiger partial charge in [-0.25, -0.2) is 4.79 Å². The summed E-state index contributed by atoms with van der Waals surface area (Å²) in [6.07, 6.45) is 6.21. The second-order valence-corrected chi connectivity index (χ2v) is 12.0. The van der Waals surface area contributed by atoms with Gasteiger partial charge >= 0.3 is 5.97 Å². The van der Waals surface area contributed by atoms with Crippen molar-refractivity contribution >= 4 is 75.0 Å². The van der Waals surface area contributed by atoms with Gasteiger partial charge in [-0.15, -0.1) is 22.0 Å². The third-order valence-electron chi connectivity index (χ3n) is 5.60. The molecule has 2 aliphatic heterocycles. The maximum Gasteiger partial charge on any atom is 0.352 e. The molecule has 0 spiro atoms. The number of nitrogens with two attached hydrogens (primary N) is 1. The van der Waals surface area contributed by atoms with Gasteiger partial charge in [0, 0.05) is 23.0 Å². The van der Waals surface area contributed by atoms with E-state index in [1.807, 2.05) is 12.2 Å². The summed E-state index contributed by atoms with van der Waals surface area (Å²) in [5.74, 6) is -1.71. The van der Waals surface area contributed by atoms with Gasteiger partial charge in [0.1, 0.15) is 28.7 Å². The highest BCUT2D eigenvalue weighted by Gasteiger charge is 2.54. The molecule has 0 aromatic carbocycles. The van der Waals surface area contributed by atoms with Gasteiger partial charge < -0.3 is 21.0 Å². The predicted octanol–water partition coefficient (Wildman–Crippen LogP) is 1.33. The number of oxime groups is 1. The summed E-state index contributed by atoms with van der Waals surface area (Å²) in [6.45, 7) is 0. The number of nitrogens with zero attached hydrogens (tertiary/aromatic N) is 6. The van der Waals surface area contributed by atoms with Gasteiger partial charge in [-0.2, -0.15) is 9.36 Å². The Morgan fingerprint density at radius 3 is 2.95 bits per heavy atom. The molecule has 0 radical (unpaired) electrons. The average Bonchev–Trinajstić information content (AvgIpc) is 3.58. The molecule has 3 atom stereocenters. The van der Waals surface area contributed by atoms with Crippen LogP contribution in [0.4, 0.5) is 5.13 Å². The molecule has 2 unspecified atom stereocenters. The van der Waals surface area contributed by atoms with Crippen molar-refractivity contribution in [3.8, 4) is 0 Å². The van der Waals surface area contributed by atoms with E-state index in [0.29, 0.717) is 21.4 Å². The highest BCUT2D eigenvalue weighted by Crippen LogP contribution is 2.41. The topological polar surface area (TPSA) is 186 Å². The van der Waals surface area contributed by atoms with Gasteiger partial charge in [-0.3, -0.25) is 14.5 Å². The maximum atomic E-state index is 13.2. The molecule has 0 bridgehead atoms. The van der Waals surface area contributed by atoms with Crippen molar-refractivity contribution in [1.82, 2.24) is 29.8 Å². The Balaban J connectivity index is 1.31. The van der Waals surface area contributed by atoms with E-state index in [1.54, 1.807) is 5.51 Å². The summed E-state index contributed by atoms with van der Waals surface area (Å²) >= 11 is 4.99. The van der Waals surface area contributed by atoms with Crippen LogP contribution in [-0.2, 0) is 19.2 Å². The molecule has 5 rings (SSSR count). The first-order chi connectivity index (χ1) is 17.9. The third-order valence-corrected chi connectivity index (χ3v) is 9.43. The Kier molecular flexibility index (Phi) is 7.73. The number of nitrogens with one attached hydrogen (secondary N) is 1. The molecule has 194 valence electrons. The van der Waals surface area contributed by atoms with Crippen LogP contribution in [-0.4, -0.2) is 82.1 Å². The number of carbonyl (C=O) groups is 3. The highest BCUT2D eigenvalue weighted by molar-refractivity contribution is 8.01. The van der Waals surface area contributed by atoms with Crippen LogP contribution < -0.4 is 11.1 Å². The lowest BCUT2D eigenvalue weighted by molar-refractivity contribution is -0.150. The molecule has 3 aliphatic rings. The number of rotatable bonds is 9. The summed E-state index contributed by atoms with van der Waals surface area (Å²) in [5.41, 5.74) is 7.62. The first-order valence-electron chi connectivity index (χ1n) is 11.0. The smallest absolute Gasteiger partial charge is 0.352 e. The van der Waals surface area contributed by atoms with E-state index in [1.165, 1.54) is 39.8 Å². The lowest BCUT2D eigenvalue weighted by Crippen LogP contribution is -2.71. The Labute approximate surface area is 226 Å². The van der Waals surface area contributed by atoms with Crippen molar-refractivity contribution < 1.29 is 24.3 Å². The standard InChI is InChI=1S/C20H20N8O5S4/c21-19-24-14(27-37-19)11(26-33-10-4-2-1-3-5-10)15(29)23-12-16(30)28-13(18(31)32)9(6-34-17(12)28)7-35-20-25-22-8-36-20/h2,4,8,10,12,17H,1,3,5-7H2,(H,23,29)(H,31,32)(H2,21,24,27)/b26-11-/t10?,12?,17-/m1/s1. The summed E-state index contributed by atoms with van der Waals surface area (Å²) in [6, 6.07) is -0.944. The van der Waals surface area contributed by atoms with Gasteiger partial charge in [0.2, 0.25) is 11.5 Å². The molecule has 13 nitrogen and oxygen atoms in total. The van der Waals surface area contributed by atoms with Crippen LogP contribution >= 0.6 is 46.4 Å². The number of hydrogen-bond donors (Lipinski definition) is 3. The molecule has 2 aromatic rings. The van der Waals surface area contributed by atoms with E-state index in [4.69, 9.17) is 10.6 Å². The molecular weight excluding hydrogens is 561 g/mol. The van der Waals surface area contributed by atoms with E-state index in [9.17, 15) is 19.5 Å². The fourth-order valence-electron chi connectivity index (χ4n) is 3.88. The van der Waals surface area contributed by atoms with Crippen molar-refractivity contribution in [2.75, 3.05) is 17.2 Å². The monoisotopic (exact) mass is 580 g/mol. The Morgan fingerprint density at radius 2 is 2.27 bits per heavy atom. The summed E-state index contributed by atoms with van der Waals surface area (Å²) in [5, 5.41) is 23.8. The Morgan fingerprint density at radius 1 is 1.41 bits per heavy atom. The number of carboxylic acid groups (broad SMARTS) is 1. The van der Waals surface area contributed by atoms with Crippen molar-refractivity contribution in [3.05, 3.63) is 34.8 Å². The van der Waals surface area contributed by atoms with Crippen molar-refractivity contribution in [1.29, 1.82) is 0 Å². The lowest BCUT2D eigenvalue weighted by atomic mass is 10.0. The number of anilines is 1. The Hall–Kier alpha value is -3.02. The van der Waals surface area contributed by atoms with E-state index in [0.717, 1.165) is 30.8 Å². The van der Waals surface area contributed by atoms with Crippen LogP contribution in [0.15, 0.2) is 38.4 Å². The summed E-state index contributed by atoms with van der Waals surface area (Å²) in [4.78, 5) is 49.1. The van der Waals surface area contributed by atoms with Crippen LogP contribution in [0.1, 0.15) is 25.1 Å². The van der Waals surface area contributed by atoms with Gasteiger partial charge in [0.15, 0.2) is 9.47 Å². The zero-order valence-corrected chi connectivity index (χ0v) is 22.2. The van der Waals surface area contributed by atoms with Crippen LogP contribution in [0, 0.1) is 0 Å². The molecule has 4 heterocycles. The minimum Gasteiger partial charge on any atom is -0.477 e. The fourth-order valence-corrected chi connectivity index (χ4v) is 7.29. The minimum absolute atomic E-state index is 0.0122. The van der Waals surface area contributed by atoms with E-state index in [2.05, 4.69) is 30.0 Å². The third kappa shape index (κ3) is 5.48. The first kappa shape index (κ1) is 25.6. The second kappa shape index (κ2) is 11.2. The number of aromatic nitrogens is 4. The second-order valence-electron chi connectivity index (χ2n) is 8.01. The summed E-state index contributed by atoms with van der Waals surface area (Å²) in [7, 11) is 0. The zero-order valence-electron chi connectivity index (χ0n) is 19.0. The van der Waals surface area contributed by atoms with Gasteiger partial charge in [-0.1, -0.05) is 34.3 Å². The molecule has 0 saturated carbocycles. The van der Waals surface area contributed by atoms with Gasteiger partial charge in [0.25, 0.3) is 11.8 Å². The quantitative estimate of drug-likeness (QED) is 0.127. The number of hydrogen-bond acceptors (Lipinski definition) is 14. The molecule has 17 heteroatoms. The average molecular weight is 581 g/mol. The predicted molar refractivity (Wildman–Crippen MR) is 139 cm³/mol. The SMILES string of the molecule is Nc1nc(/C(=N/OC2C=CCCC2)C(=O)NC2C(=O)N3C(C(=O)O)=C(CSc4nncs4)CS[C@H]23)ns1. The Bertz CT molecular complexity index is 1290. The first-order valence-corrected chi connectivity index (χ1v) is 14.7. The number of carboxylic acids is 1. The molecule has 2 aromatic heterocycles. The molecule has 2 amide bonds. The minimum atomic E-state index is -1.20. The molecular formula is C20H20N8O5S4. The van der Waals surface area contributed by atoms with Gasteiger partial charge in [-0.05, 0) is 30.9 Å². The molecule has 4 N–H and O–H groups in total. The number of allylic oxidation sites excluding steroid dienone is 1.